The van der Waals surface area contributed by atoms with Crippen LogP contribution in [0.4, 0.5) is 5.82 Å². The molecule has 3 aromatic rings. The highest BCUT2D eigenvalue weighted by Crippen LogP contribution is 2.39. The lowest BCUT2D eigenvalue weighted by Crippen LogP contribution is -2.04. The second-order valence-electron chi connectivity index (χ2n) is 5.63. The number of hydrogen-bond donors (Lipinski definition) is 1. The van der Waals surface area contributed by atoms with Gasteiger partial charge in [0.25, 0.3) is 0 Å². The van der Waals surface area contributed by atoms with E-state index in [2.05, 4.69) is 28.2 Å². The summed E-state index contributed by atoms with van der Waals surface area (Å²) in [6, 6.07) is 10.2. The first-order valence-corrected chi connectivity index (χ1v) is 7.21. The van der Waals surface area contributed by atoms with Crippen LogP contribution in [0.5, 0.6) is 0 Å². The van der Waals surface area contributed by atoms with E-state index in [1.54, 1.807) is 6.20 Å². The molecule has 1 saturated carbocycles. The molecule has 0 atom stereocenters. The standard InChI is InChI=1S/C17H16N4/c1-10-15(20-17(11-4-5-11)21-16(10)18)13-6-7-14-12(9-13)3-2-8-19-14/h2-3,6-9,11H,4-5H2,1H3,(H2,18,20,21). The Bertz CT molecular complexity index is 837. The third-order valence-corrected chi connectivity index (χ3v) is 4.02. The minimum absolute atomic E-state index is 0.494. The molecule has 2 heterocycles. The number of nitrogens with two attached hydrogens (primary N) is 1. The predicted octanol–water partition coefficient (Wildman–Crippen LogP) is 3.46. The minimum atomic E-state index is 0.494. The van der Waals surface area contributed by atoms with Crippen molar-refractivity contribution in [2.24, 2.45) is 0 Å². The third-order valence-electron chi connectivity index (χ3n) is 4.02. The fourth-order valence-corrected chi connectivity index (χ4v) is 2.58. The number of rotatable bonds is 2. The van der Waals surface area contributed by atoms with Crippen molar-refractivity contribution in [1.82, 2.24) is 15.0 Å². The second kappa shape index (κ2) is 4.52. The maximum Gasteiger partial charge on any atom is 0.134 e. The zero-order valence-electron chi connectivity index (χ0n) is 11.9. The fraction of sp³-hybridized carbons (Fsp3) is 0.235. The highest BCUT2D eigenvalue weighted by Gasteiger charge is 2.28. The first kappa shape index (κ1) is 12.3. The minimum Gasteiger partial charge on any atom is -0.383 e. The SMILES string of the molecule is Cc1c(N)nc(C2CC2)nc1-c1ccc2ncccc2c1. The van der Waals surface area contributed by atoms with E-state index in [0.29, 0.717) is 11.7 Å². The van der Waals surface area contributed by atoms with Crippen LogP contribution in [-0.4, -0.2) is 15.0 Å². The molecule has 21 heavy (non-hydrogen) atoms. The number of fused-ring (bicyclic) bond motifs is 1. The lowest BCUT2D eigenvalue weighted by Gasteiger charge is -2.10. The van der Waals surface area contributed by atoms with Gasteiger partial charge in [0.2, 0.25) is 0 Å². The van der Waals surface area contributed by atoms with E-state index in [4.69, 9.17) is 10.7 Å². The van der Waals surface area contributed by atoms with Crippen LogP contribution < -0.4 is 5.73 Å². The molecule has 0 unspecified atom stereocenters. The van der Waals surface area contributed by atoms with Crippen LogP contribution in [0.1, 0.15) is 30.1 Å². The van der Waals surface area contributed by atoms with Gasteiger partial charge in [0.15, 0.2) is 0 Å². The van der Waals surface area contributed by atoms with Crippen molar-refractivity contribution < 1.29 is 0 Å². The van der Waals surface area contributed by atoms with Gasteiger partial charge in [-0.1, -0.05) is 12.1 Å². The molecule has 2 aromatic heterocycles. The van der Waals surface area contributed by atoms with E-state index in [1.807, 2.05) is 19.1 Å². The van der Waals surface area contributed by atoms with Crippen LogP contribution >= 0.6 is 0 Å². The van der Waals surface area contributed by atoms with Gasteiger partial charge >= 0.3 is 0 Å². The van der Waals surface area contributed by atoms with Crippen LogP contribution in [0.3, 0.4) is 0 Å². The Morgan fingerprint density at radius 2 is 2.00 bits per heavy atom. The molecule has 0 bridgehead atoms. The number of nitrogens with zero attached hydrogens (tertiary/aromatic N) is 3. The van der Waals surface area contributed by atoms with E-state index in [9.17, 15) is 0 Å². The largest absolute Gasteiger partial charge is 0.383 e. The normalized spacial score (nSPS) is 14.5. The van der Waals surface area contributed by atoms with Crippen LogP contribution in [-0.2, 0) is 0 Å². The van der Waals surface area contributed by atoms with Crippen molar-refractivity contribution in [3.05, 3.63) is 47.9 Å². The quantitative estimate of drug-likeness (QED) is 0.778. The Kier molecular flexibility index (Phi) is 2.64. The van der Waals surface area contributed by atoms with Crippen molar-refractivity contribution in [2.75, 3.05) is 5.73 Å². The lowest BCUT2D eigenvalue weighted by atomic mass is 10.0. The van der Waals surface area contributed by atoms with Crippen LogP contribution in [0.15, 0.2) is 36.5 Å². The molecule has 0 radical (unpaired) electrons. The smallest absolute Gasteiger partial charge is 0.134 e. The Labute approximate surface area is 123 Å². The van der Waals surface area contributed by atoms with Crippen LogP contribution in [0.25, 0.3) is 22.2 Å². The number of benzene rings is 1. The summed E-state index contributed by atoms with van der Waals surface area (Å²) >= 11 is 0. The molecular formula is C17H16N4. The zero-order chi connectivity index (χ0) is 14.4. The van der Waals surface area contributed by atoms with Crippen molar-refractivity contribution in [3.63, 3.8) is 0 Å². The molecule has 4 rings (SSSR count). The van der Waals surface area contributed by atoms with Gasteiger partial charge in [-0.2, -0.15) is 0 Å². The summed E-state index contributed by atoms with van der Waals surface area (Å²) in [6.45, 7) is 1.98. The van der Waals surface area contributed by atoms with Crippen molar-refractivity contribution in [3.8, 4) is 11.3 Å². The molecular weight excluding hydrogens is 260 g/mol. The lowest BCUT2D eigenvalue weighted by molar-refractivity contribution is 0.928. The van der Waals surface area contributed by atoms with Crippen molar-refractivity contribution in [1.29, 1.82) is 0 Å². The van der Waals surface area contributed by atoms with Crippen LogP contribution in [0, 0.1) is 6.92 Å². The highest BCUT2D eigenvalue weighted by molar-refractivity contribution is 5.84. The zero-order valence-corrected chi connectivity index (χ0v) is 11.9. The Morgan fingerprint density at radius 3 is 2.81 bits per heavy atom. The molecule has 4 heteroatoms. The fourth-order valence-electron chi connectivity index (χ4n) is 2.58. The first-order chi connectivity index (χ1) is 10.2. The Morgan fingerprint density at radius 1 is 1.14 bits per heavy atom. The summed E-state index contributed by atoms with van der Waals surface area (Å²) in [4.78, 5) is 13.6. The van der Waals surface area contributed by atoms with Gasteiger partial charge in [-0.05, 0) is 38.0 Å². The van der Waals surface area contributed by atoms with Crippen molar-refractivity contribution >= 4 is 16.7 Å². The maximum atomic E-state index is 6.07. The van der Waals surface area contributed by atoms with E-state index in [1.165, 1.54) is 12.8 Å². The van der Waals surface area contributed by atoms with Crippen LogP contribution in [0.2, 0.25) is 0 Å². The summed E-state index contributed by atoms with van der Waals surface area (Å²) in [5.41, 5.74) is 10.0. The number of hydrogen-bond acceptors (Lipinski definition) is 4. The molecule has 104 valence electrons. The topological polar surface area (TPSA) is 64.7 Å². The summed E-state index contributed by atoms with van der Waals surface area (Å²) in [6.07, 6.45) is 4.15. The summed E-state index contributed by atoms with van der Waals surface area (Å²) < 4.78 is 0. The summed E-state index contributed by atoms with van der Waals surface area (Å²) in [5.74, 6) is 1.97. The van der Waals surface area contributed by atoms with Gasteiger partial charge in [-0.15, -0.1) is 0 Å². The maximum absolute atomic E-state index is 6.07. The number of nitrogen functional groups attached to an aromatic ring is 1. The van der Waals surface area contributed by atoms with E-state index in [0.717, 1.165) is 33.5 Å². The third kappa shape index (κ3) is 2.13. The molecule has 1 aromatic carbocycles. The highest BCUT2D eigenvalue weighted by atomic mass is 15.0. The monoisotopic (exact) mass is 276 g/mol. The number of anilines is 1. The Hall–Kier alpha value is -2.49. The van der Waals surface area contributed by atoms with Gasteiger partial charge in [-0.25, -0.2) is 9.97 Å². The van der Waals surface area contributed by atoms with E-state index < -0.39 is 0 Å². The van der Waals surface area contributed by atoms with Gasteiger partial charge in [-0.3, -0.25) is 4.98 Å². The van der Waals surface area contributed by atoms with Gasteiger partial charge in [0.1, 0.15) is 11.6 Å². The summed E-state index contributed by atoms with van der Waals surface area (Å²) in [5, 5.41) is 1.11. The molecule has 0 aliphatic heterocycles. The molecule has 4 nitrogen and oxygen atoms in total. The predicted molar refractivity (Wildman–Crippen MR) is 83.9 cm³/mol. The van der Waals surface area contributed by atoms with E-state index >= 15 is 0 Å². The summed E-state index contributed by atoms with van der Waals surface area (Å²) in [7, 11) is 0. The average Bonchev–Trinajstić information content (AvgIpc) is 3.34. The Balaban J connectivity index is 1.90. The molecule has 0 saturated heterocycles. The molecule has 0 spiro atoms. The number of pyridine rings is 1. The average molecular weight is 276 g/mol. The first-order valence-electron chi connectivity index (χ1n) is 7.21. The van der Waals surface area contributed by atoms with Crippen molar-refractivity contribution in [2.45, 2.75) is 25.7 Å². The van der Waals surface area contributed by atoms with Gasteiger partial charge < -0.3 is 5.73 Å². The van der Waals surface area contributed by atoms with Gasteiger partial charge in [0.05, 0.1) is 11.2 Å². The molecule has 0 amide bonds. The van der Waals surface area contributed by atoms with Gasteiger partial charge in [0, 0.05) is 28.6 Å². The van der Waals surface area contributed by atoms with E-state index in [-0.39, 0.29) is 0 Å². The molecule has 2 N–H and O–H groups in total. The molecule has 1 aliphatic carbocycles. The molecule has 1 aliphatic rings. The molecule has 1 fully saturated rings. The second-order valence-corrected chi connectivity index (χ2v) is 5.63. The number of aromatic nitrogens is 3.